The fourth-order valence-corrected chi connectivity index (χ4v) is 3.82. The van der Waals surface area contributed by atoms with Gasteiger partial charge in [-0.2, -0.15) is 0 Å². The molecule has 1 aromatic rings. The highest BCUT2D eigenvalue weighted by atomic mass is 35.5. The SMILES string of the molecule is O=C1CCCC(C(=O)NC(c2ccc(Cl)cc2)C2CCCC2)N1. The lowest BCUT2D eigenvalue weighted by Gasteiger charge is -2.29. The number of carbonyl (C=O) groups excluding carboxylic acids is 2. The van der Waals surface area contributed by atoms with Crippen molar-refractivity contribution < 1.29 is 9.59 Å². The minimum atomic E-state index is -0.396. The summed E-state index contributed by atoms with van der Waals surface area (Å²) < 4.78 is 0. The van der Waals surface area contributed by atoms with E-state index in [4.69, 9.17) is 11.6 Å². The van der Waals surface area contributed by atoms with Gasteiger partial charge in [0.15, 0.2) is 0 Å². The van der Waals surface area contributed by atoms with E-state index < -0.39 is 6.04 Å². The quantitative estimate of drug-likeness (QED) is 0.887. The number of carbonyl (C=O) groups is 2. The number of halogens is 1. The molecule has 4 nitrogen and oxygen atoms in total. The molecular formula is C18H23ClN2O2. The highest BCUT2D eigenvalue weighted by molar-refractivity contribution is 6.30. The van der Waals surface area contributed by atoms with E-state index in [1.807, 2.05) is 24.3 Å². The lowest BCUT2D eigenvalue weighted by Crippen LogP contribution is -2.50. The summed E-state index contributed by atoms with van der Waals surface area (Å²) in [6.45, 7) is 0. The smallest absolute Gasteiger partial charge is 0.243 e. The fourth-order valence-electron chi connectivity index (χ4n) is 3.69. The largest absolute Gasteiger partial charge is 0.347 e. The lowest BCUT2D eigenvalue weighted by atomic mass is 9.91. The predicted octanol–water partition coefficient (Wildman–Crippen LogP) is 3.36. The van der Waals surface area contributed by atoms with E-state index >= 15 is 0 Å². The monoisotopic (exact) mass is 334 g/mol. The standard InChI is InChI=1S/C18H23ClN2O2/c19-14-10-8-13(9-11-14)17(12-4-1-2-5-12)21-18(23)15-6-3-7-16(22)20-15/h8-12,15,17H,1-7H2,(H,20,22)(H,21,23). The van der Waals surface area contributed by atoms with E-state index in [1.54, 1.807) is 0 Å². The molecule has 3 rings (SSSR count). The number of hydrogen-bond acceptors (Lipinski definition) is 2. The summed E-state index contributed by atoms with van der Waals surface area (Å²) in [7, 11) is 0. The molecule has 1 aliphatic heterocycles. The van der Waals surface area contributed by atoms with Gasteiger partial charge in [-0.1, -0.05) is 36.6 Å². The van der Waals surface area contributed by atoms with Gasteiger partial charge in [0.2, 0.25) is 11.8 Å². The van der Waals surface area contributed by atoms with Crippen molar-refractivity contribution in [1.82, 2.24) is 10.6 Å². The van der Waals surface area contributed by atoms with Crippen molar-refractivity contribution in [2.24, 2.45) is 5.92 Å². The van der Waals surface area contributed by atoms with E-state index in [2.05, 4.69) is 10.6 Å². The van der Waals surface area contributed by atoms with Crippen LogP contribution in [0.5, 0.6) is 0 Å². The number of benzene rings is 1. The number of nitrogens with one attached hydrogen (secondary N) is 2. The van der Waals surface area contributed by atoms with Gasteiger partial charge < -0.3 is 10.6 Å². The molecular weight excluding hydrogens is 312 g/mol. The van der Waals surface area contributed by atoms with Crippen LogP contribution < -0.4 is 10.6 Å². The van der Waals surface area contributed by atoms with Gasteiger partial charge in [-0.3, -0.25) is 9.59 Å². The van der Waals surface area contributed by atoms with Crippen LogP contribution in [0.1, 0.15) is 56.6 Å². The van der Waals surface area contributed by atoms with Crippen LogP contribution in [0.15, 0.2) is 24.3 Å². The number of rotatable bonds is 4. The maximum Gasteiger partial charge on any atom is 0.243 e. The second-order valence-electron chi connectivity index (χ2n) is 6.59. The first-order valence-corrected chi connectivity index (χ1v) is 8.86. The Balaban J connectivity index is 1.74. The molecule has 0 bridgehead atoms. The van der Waals surface area contributed by atoms with Gasteiger partial charge in [-0.15, -0.1) is 0 Å². The lowest BCUT2D eigenvalue weighted by molar-refractivity contribution is -0.131. The number of amides is 2. The first-order valence-electron chi connectivity index (χ1n) is 8.48. The molecule has 5 heteroatoms. The van der Waals surface area contributed by atoms with E-state index in [9.17, 15) is 9.59 Å². The van der Waals surface area contributed by atoms with Crippen molar-refractivity contribution in [2.75, 3.05) is 0 Å². The molecule has 0 radical (unpaired) electrons. The zero-order valence-electron chi connectivity index (χ0n) is 13.2. The molecule has 2 atom stereocenters. The van der Waals surface area contributed by atoms with Gasteiger partial charge in [0.05, 0.1) is 6.04 Å². The third-order valence-corrected chi connectivity index (χ3v) is 5.20. The highest BCUT2D eigenvalue weighted by Crippen LogP contribution is 2.36. The van der Waals surface area contributed by atoms with E-state index in [0.29, 0.717) is 17.4 Å². The molecule has 1 aromatic carbocycles. The molecule has 23 heavy (non-hydrogen) atoms. The molecule has 1 aliphatic carbocycles. The Kier molecular flexibility index (Phi) is 5.21. The van der Waals surface area contributed by atoms with Crippen LogP contribution in [0.3, 0.4) is 0 Å². The predicted molar refractivity (Wildman–Crippen MR) is 90.1 cm³/mol. The van der Waals surface area contributed by atoms with Gasteiger partial charge in [0.25, 0.3) is 0 Å². The van der Waals surface area contributed by atoms with Crippen LogP contribution in [0, 0.1) is 5.92 Å². The van der Waals surface area contributed by atoms with Crippen LogP contribution >= 0.6 is 11.6 Å². The third-order valence-electron chi connectivity index (χ3n) is 4.95. The Labute approximate surface area is 142 Å². The van der Waals surface area contributed by atoms with E-state index in [1.165, 1.54) is 12.8 Å². The highest BCUT2D eigenvalue weighted by Gasteiger charge is 2.31. The molecule has 1 saturated heterocycles. The second kappa shape index (κ2) is 7.35. The number of piperidine rings is 1. The average Bonchev–Trinajstić information content (AvgIpc) is 3.07. The zero-order chi connectivity index (χ0) is 16.2. The van der Waals surface area contributed by atoms with Crippen molar-refractivity contribution in [3.05, 3.63) is 34.9 Å². The van der Waals surface area contributed by atoms with Crippen molar-refractivity contribution >= 4 is 23.4 Å². The molecule has 1 heterocycles. The van der Waals surface area contributed by atoms with Crippen LogP contribution in [0.2, 0.25) is 5.02 Å². The summed E-state index contributed by atoms with van der Waals surface area (Å²) in [5, 5.41) is 6.69. The van der Waals surface area contributed by atoms with E-state index in [0.717, 1.165) is 31.2 Å². The topological polar surface area (TPSA) is 58.2 Å². The molecule has 0 aromatic heterocycles. The Hall–Kier alpha value is -1.55. The van der Waals surface area contributed by atoms with Crippen LogP contribution in [0.25, 0.3) is 0 Å². The van der Waals surface area contributed by atoms with Gasteiger partial charge >= 0.3 is 0 Å². The van der Waals surface area contributed by atoms with Gasteiger partial charge in [-0.25, -0.2) is 0 Å². The molecule has 2 fully saturated rings. The molecule has 2 amide bonds. The van der Waals surface area contributed by atoms with Crippen LogP contribution in [-0.2, 0) is 9.59 Å². The second-order valence-corrected chi connectivity index (χ2v) is 7.03. The number of hydrogen-bond donors (Lipinski definition) is 2. The third kappa shape index (κ3) is 4.05. The van der Waals surface area contributed by atoms with Gasteiger partial charge in [0, 0.05) is 11.4 Å². The Morgan fingerprint density at radius 3 is 2.48 bits per heavy atom. The van der Waals surface area contributed by atoms with Crippen molar-refractivity contribution in [2.45, 2.75) is 57.0 Å². The maximum absolute atomic E-state index is 12.6. The molecule has 0 spiro atoms. The zero-order valence-corrected chi connectivity index (χ0v) is 13.9. The summed E-state index contributed by atoms with van der Waals surface area (Å²) in [6.07, 6.45) is 6.70. The average molecular weight is 335 g/mol. The summed E-state index contributed by atoms with van der Waals surface area (Å²) in [5.74, 6) is 0.365. The van der Waals surface area contributed by atoms with Gasteiger partial charge in [-0.05, 0) is 49.3 Å². The summed E-state index contributed by atoms with van der Waals surface area (Å²) in [6, 6.07) is 7.32. The minimum absolute atomic E-state index is 0.00101. The normalized spacial score (nSPS) is 23.3. The first kappa shape index (κ1) is 16.3. The first-order chi connectivity index (χ1) is 11.1. The Morgan fingerprint density at radius 2 is 1.83 bits per heavy atom. The van der Waals surface area contributed by atoms with Crippen molar-refractivity contribution in [3.63, 3.8) is 0 Å². The minimum Gasteiger partial charge on any atom is -0.347 e. The van der Waals surface area contributed by atoms with Crippen molar-refractivity contribution in [3.8, 4) is 0 Å². The summed E-state index contributed by atoms with van der Waals surface area (Å²) in [5.41, 5.74) is 1.09. The van der Waals surface area contributed by atoms with Crippen LogP contribution in [-0.4, -0.2) is 17.9 Å². The Bertz CT molecular complexity index is 567. The maximum atomic E-state index is 12.6. The summed E-state index contributed by atoms with van der Waals surface area (Å²) in [4.78, 5) is 24.1. The molecule has 2 aliphatic rings. The fraction of sp³-hybridized carbons (Fsp3) is 0.556. The van der Waals surface area contributed by atoms with Gasteiger partial charge in [0.1, 0.15) is 6.04 Å². The Morgan fingerprint density at radius 1 is 1.13 bits per heavy atom. The molecule has 2 unspecified atom stereocenters. The molecule has 124 valence electrons. The molecule has 1 saturated carbocycles. The summed E-state index contributed by atoms with van der Waals surface area (Å²) >= 11 is 5.98. The van der Waals surface area contributed by atoms with Crippen molar-refractivity contribution in [1.29, 1.82) is 0 Å². The van der Waals surface area contributed by atoms with E-state index in [-0.39, 0.29) is 17.9 Å². The molecule has 2 N–H and O–H groups in total. The van der Waals surface area contributed by atoms with Crippen LogP contribution in [0.4, 0.5) is 0 Å².